The van der Waals surface area contributed by atoms with E-state index in [2.05, 4.69) is 25.8 Å². The second-order valence-corrected chi connectivity index (χ2v) is 5.13. The lowest BCUT2D eigenvalue weighted by Crippen LogP contribution is -2.00. The number of nitrogens with zero attached hydrogens (tertiary/aromatic N) is 1. The third kappa shape index (κ3) is 10.1. The van der Waals surface area contributed by atoms with Crippen LogP contribution < -0.4 is 0 Å². The largest absolute Gasteiger partial charge is 0.396 e. The van der Waals surface area contributed by atoms with Gasteiger partial charge in [0.05, 0.1) is 6.61 Å². The SMILES string of the molecule is CC(CC(C)C)=NCCCSCCO. The van der Waals surface area contributed by atoms with Crippen LogP contribution in [0.25, 0.3) is 0 Å². The maximum atomic E-state index is 8.56. The van der Waals surface area contributed by atoms with Crippen molar-refractivity contribution in [1.82, 2.24) is 0 Å². The fraction of sp³-hybridized carbons (Fsp3) is 0.909. The van der Waals surface area contributed by atoms with Crippen molar-refractivity contribution < 1.29 is 5.11 Å². The van der Waals surface area contributed by atoms with Gasteiger partial charge < -0.3 is 5.11 Å². The van der Waals surface area contributed by atoms with E-state index in [4.69, 9.17) is 5.11 Å². The molecule has 0 heterocycles. The van der Waals surface area contributed by atoms with Crippen molar-refractivity contribution in [3.63, 3.8) is 0 Å². The molecule has 1 N–H and O–H groups in total. The predicted octanol–water partition coefficient (Wildman–Crippen LogP) is 2.61. The van der Waals surface area contributed by atoms with Gasteiger partial charge in [-0.1, -0.05) is 13.8 Å². The zero-order chi connectivity index (χ0) is 10.8. The van der Waals surface area contributed by atoms with Gasteiger partial charge in [-0.05, 0) is 31.4 Å². The Kier molecular flexibility index (Phi) is 9.52. The summed E-state index contributed by atoms with van der Waals surface area (Å²) in [6.45, 7) is 7.78. The van der Waals surface area contributed by atoms with Crippen LogP contribution in [0.15, 0.2) is 4.99 Å². The Morgan fingerprint density at radius 1 is 1.36 bits per heavy atom. The monoisotopic (exact) mass is 217 g/mol. The number of thioether (sulfide) groups is 1. The molecule has 0 atom stereocenters. The van der Waals surface area contributed by atoms with Gasteiger partial charge in [0, 0.05) is 18.0 Å². The first-order valence-electron chi connectivity index (χ1n) is 5.35. The number of aliphatic hydroxyl groups excluding tert-OH is 1. The van der Waals surface area contributed by atoms with Crippen LogP contribution in [0.2, 0.25) is 0 Å². The van der Waals surface area contributed by atoms with Crippen LogP contribution in [0, 0.1) is 5.92 Å². The summed E-state index contributed by atoms with van der Waals surface area (Å²) >= 11 is 1.80. The summed E-state index contributed by atoms with van der Waals surface area (Å²) in [5, 5.41) is 8.56. The summed E-state index contributed by atoms with van der Waals surface area (Å²) in [6.07, 6.45) is 2.24. The van der Waals surface area contributed by atoms with Crippen molar-refractivity contribution in [1.29, 1.82) is 0 Å². The molecule has 0 aromatic heterocycles. The van der Waals surface area contributed by atoms with Gasteiger partial charge in [-0.3, -0.25) is 4.99 Å². The van der Waals surface area contributed by atoms with Crippen LogP contribution >= 0.6 is 11.8 Å². The highest BCUT2D eigenvalue weighted by atomic mass is 32.2. The van der Waals surface area contributed by atoms with Crippen LogP contribution in [-0.2, 0) is 0 Å². The first-order valence-corrected chi connectivity index (χ1v) is 6.50. The maximum Gasteiger partial charge on any atom is 0.0521 e. The average molecular weight is 217 g/mol. The number of hydrogen-bond acceptors (Lipinski definition) is 3. The highest BCUT2D eigenvalue weighted by Gasteiger charge is 1.96. The first kappa shape index (κ1) is 14.0. The second kappa shape index (κ2) is 9.53. The molecule has 2 nitrogen and oxygen atoms in total. The number of rotatable bonds is 8. The van der Waals surface area contributed by atoms with Crippen molar-refractivity contribution >= 4 is 17.5 Å². The molecule has 0 fully saturated rings. The van der Waals surface area contributed by atoms with E-state index in [1.54, 1.807) is 11.8 Å². The summed E-state index contributed by atoms with van der Waals surface area (Å²) < 4.78 is 0. The van der Waals surface area contributed by atoms with E-state index in [1.807, 2.05) is 0 Å². The summed E-state index contributed by atoms with van der Waals surface area (Å²) in [4.78, 5) is 4.50. The fourth-order valence-corrected chi connectivity index (χ4v) is 1.92. The van der Waals surface area contributed by atoms with Gasteiger partial charge in [-0.25, -0.2) is 0 Å². The maximum absolute atomic E-state index is 8.56. The lowest BCUT2D eigenvalue weighted by atomic mass is 10.1. The number of aliphatic hydroxyl groups is 1. The molecule has 0 unspecified atom stereocenters. The molecule has 0 aromatic carbocycles. The molecule has 0 bridgehead atoms. The van der Waals surface area contributed by atoms with Gasteiger partial charge >= 0.3 is 0 Å². The highest BCUT2D eigenvalue weighted by Crippen LogP contribution is 2.03. The normalized spacial score (nSPS) is 12.5. The van der Waals surface area contributed by atoms with Gasteiger partial charge in [-0.2, -0.15) is 11.8 Å². The van der Waals surface area contributed by atoms with E-state index < -0.39 is 0 Å². The summed E-state index contributed by atoms with van der Waals surface area (Å²) in [5.74, 6) is 2.68. The lowest BCUT2D eigenvalue weighted by molar-refractivity contribution is 0.322. The van der Waals surface area contributed by atoms with E-state index in [1.165, 1.54) is 5.71 Å². The molecule has 0 radical (unpaired) electrons. The summed E-state index contributed by atoms with van der Waals surface area (Å²) in [5.41, 5.74) is 1.27. The topological polar surface area (TPSA) is 32.6 Å². The van der Waals surface area contributed by atoms with E-state index in [-0.39, 0.29) is 0 Å². The lowest BCUT2D eigenvalue weighted by Gasteiger charge is -2.03. The Morgan fingerprint density at radius 3 is 2.64 bits per heavy atom. The molecule has 84 valence electrons. The standard InChI is InChI=1S/C11H23NOS/c1-10(2)9-11(3)12-5-4-7-14-8-6-13/h10,13H,4-9H2,1-3H3. The van der Waals surface area contributed by atoms with Crippen LogP contribution in [0.5, 0.6) is 0 Å². The molecule has 0 aromatic rings. The molecule has 14 heavy (non-hydrogen) atoms. The Bertz CT molecular complexity index is 157. The molecule has 3 heteroatoms. The zero-order valence-electron chi connectivity index (χ0n) is 9.62. The molecule has 0 saturated carbocycles. The quantitative estimate of drug-likeness (QED) is 0.501. The smallest absolute Gasteiger partial charge is 0.0521 e. The van der Waals surface area contributed by atoms with Crippen molar-refractivity contribution in [2.75, 3.05) is 24.7 Å². The van der Waals surface area contributed by atoms with E-state index in [9.17, 15) is 0 Å². The molecule has 0 saturated heterocycles. The molecular weight excluding hydrogens is 194 g/mol. The fourth-order valence-electron chi connectivity index (χ4n) is 1.26. The van der Waals surface area contributed by atoms with Gasteiger partial charge in [0.25, 0.3) is 0 Å². The van der Waals surface area contributed by atoms with Crippen LogP contribution in [0.3, 0.4) is 0 Å². The zero-order valence-corrected chi connectivity index (χ0v) is 10.4. The van der Waals surface area contributed by atoms with Crippen molar-refractivity contribution in [2.24, 2.45) is 10.9 Å². The van der Waals surface area contributed by atoms with E-state index >= 15 is 0 Å². The molecule has 0 aliphatic rings. The first-order chi connectivity index (χ1) is 6.66. The number of hydrogen-bond donors (Lipinski definition) is 1. The van der Waals surface area contributed by atoms with Gasteiger partial charge in [-0.15, -0.1) is 0 Å². The highest BCUT2D eigenvalue weighted by molar-refractivity contribution is 7.99. The molecule has 0 aliphatic carbocycles. The summed E-state index contributed by atoms with van der Waals surface area (Å²) in [6, 6.07) is 0. The number of aliphatic imine (C=N–C) groups is 1. The van der Waals surface area contributed by atoms with Gasteiger partial charge in [0.1, 0.15) is 0 Å². The van der Waals surface area contributed by atoms with Crippen LogP contribution in [0.1, 0.15) is 33.6 Å². The Labute approximate surface area is 92.2 Å². The predicted molar refractivity (Wildman–Crippen MR) is 66.5 cm³/mol. The van der Waals surface area contributed by atoms with Crippen molar-refractivity contribution in [2.45, 2.75) is 33.6 Å². The minimum Gasteiger partial charge on any atom is -0.396 e. The molecule has 0 rings (SSSR count). The molecular formula is C11H23NOS. The molecule has 0 spiro atoms. The van der Waals surface area contributed by atoms with E-state index in [0.29, 0.717) is 12.5 Å². The minimum atomic E-state index is 0.292. The van der Waals surface area contributed by atoms with Crippen LogP contribution in [0.4, 0.5) is 0 Å². The third-order valence-corrected chi connectivity index (χ3v) is 2.82. The Balaban J connectivity index is 3.32. The molecule has 0 aliphatic heterocycles. The Hall–Kier alpha value is -0.0200. The third-order valence-electron chi connectivity index (χ3n) is 1.77. The molecule has 0 amide bonds. The minimum absolute atomic E-state index is 0.292. The average Bonchev–Trinajstić information content (AvgIpc) is 2.10. The van der Waals surface area contributed by atoms with Gasteiger partial charge in [0.15, 0.2) is 0 Å². The van der Waals surface area contributed by atoms with E-state index in [0.717, 1.165) is 30.9 Å². The van der Waals surface area contributed by atoms with Crippen molar-refractivity contribution in [3.05, 3.63) is 0 Å². The van der Waals surface area contributed by atoms with Gasteiger partial charge in [0.2, 0.25) is 0 Å². The van der Waals surface area contributed by atoms with Crippen molar-refractivity contribution in [3.8, 4) is 0 Å². The van der Waals surface area contributed by atoms with Crippen LogP contribution in [-0.4, -0.2) is 35.5 Å². The Morgan fingerprint density at radius 2 is 2.07 bits per heavy atom. The summed E-state index contributed by atoms with van der Waals surface area (Å²) in [7, 11) is 0. The second-order valence-electron chi connectivity index (χ2n) is 3.90.